The molecule has 1 aliphatic rings. The van der Waals surface area contributed by atoms with E-state index in [1.54, 1.807) is 19.2 Å². The summed E-state index contributed by atoms with van der Waals surface area (Å²) in [4.78, 5) is 2.55. The van der Waals surface area contributed by atoms with Gasteiger partial charge in [0.25, 0.3) is 0 Å². The number of piperidine rings is 1. The van der Waals surface area contributed by atoms with Gasteiger partial charge in [-0.05, 0) is 73.8 Å². The lowest BCUT2D eigenvalue weighted by molar-refractivity contribution is 0.110. The quantitative estimate of drug-likeness (QED) is 0.573. The second-order valence-electron chi connectivity index (χ2n) is 7.35. The molecule has 1 aliphatic heterocycles. The van der Waals surface area contributed by atoms with Crippen molar-refractivity contribution in [1.29, 1.82) is 0 Å². The number of benzene rings is 2. The second-order valence-corrected chi connectivity index (χ2v) is 7.35. The third-order valence-electron chi connectivity index (χ3n) is 5.47. The Hall–Kier alpha value is -1.78. The molecule has 154 valence electrons. The van der Waals surface area contributed by atoms with Crippen molar-refractivity contribution < 1.29 is 13.9 Å². The number of rotatable bonds is 8. The molecule has 2 unspecified atom stereocenters. The van der Waals surface area contributed by atoms with Crippen LogP contribution in [0.5, 0.6) is 11.5 Å². The molecule has 0 amide bonds. The van der Waals surface area contributed by atoms with Crippen molar-refractivity contribution in [1.82, 2.24) is 4.90 Å². The Morgan fingerprint density at radius 1 is 1.04 bits per heavy atom. The van der Waals surface area contributed by atoms with Gasteiger partial charge in [0.05, 0.1) is 13.7 Å². The molecule has 3 nitrogen and oxygen atoms in total. The zero-order valence-electron chi connectivity index (χ0n) is 16.8. The van der Waals surface area contributed by atoms with Gasteiger partial charge in [0.2, 0.25) is 0 Å². The Balaban J connectivity index is 0.00000280. The number of hydrogen-bond donors (Lipinski definition) is 0. The molecule has 5 heteroatoms. The van der Waals surface area contributed by atoms with Crippen molar-refractivity contribution in [3.05, 3.63) is 59.9 Å². The van der Waals surface area contributed by atoms with Gasteiger partial charge in [-0.15, -0.1) is 12.4 Å². The van der Waals surface area contributed by atoms with Gasteiger partial charge < -0.3 is 14.4 Å². The molecular formula is C23H31ClFNO2. The van der Waals surface area contributed by atoms with Crippen LogP contribution in [-0.4, -0.2) is 38.3 Å². The van der Waals surface area contributed by atoms with Crippen molar-refractivity contribution in [3.63, 3.8) is 0 Å². The standard InChI is InChI=1S/C23H30FNO2.ClH/c1-3-4-14-25-15-13-23(18-5-7-20(24)8-6-18)19(16-25)17-27-22-11-9-21(26-2)10-12-22;/h5-12,19,23H,3-4,13-17H2,1-2H3;1H. The molecule has 0 aliphatic carbocycles. The first-order chi connectivity index (χ1) is 13.2. The largest absolute Gasteiger partial charge is 0.497 e. The van der Waals surface area contributed by atoms with Crippen molar-refractivity contribution in [2.45, 2.75) is 32.1 Å². The van der Waals surface area contributed by atoms with E-state index in [9.17, 15) is 4.39 Å². The van der Waals surface area contributed by atoms with Crippen LogP contribution in [0.25, 0.3) is 0 Å². The maximum absolute atomic E-state index is 13.3. The monoisotopic (exact) mass is 407 g/mol. The van der Waals surface area contributed by atoms with Crippen molar-refractivity contribution in [2.24, 2.45) is 5.92 Å². The van der Waals surface area contributed by atoms with Crippen molar-refractivity contribution in [2.75, 3.05) is 33.4 Å². The van der Waals surface area contributed by atoms with E-state index in [1.807, 2.05) is 36.4 Å². The molecule has 0 radical (unpaired) electrons. The molecule has 2 aromatic carbocycles. The van der Waals surface area contributed by atoms with E-state index >= 15 is 0 Å². The predicted molar refractivity (Wildman–Crippen MR) is 114 cm³/mol. The summed E-state index contributed by atoms with van der Waals surface area (Å²) in [6.45, 7) is 6.16. The molecule has 2 atom stereocenters. The molecule has 0 saturated carbocycles. The Kier molecular flexibility index (Phi) is 9.07. The summed E-state index contributed by atoms with van der Waals surface area (Å²) < 4.78 is 24.7. The summed E-state index contributed by atoms with van der Waals surface area (Å²) in [7, 11) is 1.66. The first-order valence-electron chi connectivity index (χ1n) is 9.94. The van der Waals surface area contributed by atoms with Gasteiger partial charge in [-0.2, -0.15) is 0 Å². The van der Waals surface area contributed by atoms with E-state index in [4.69, 9.17) is 9.47 Å². The van der Waals surface area contributed by atoms with Crippen LogP contribution in [0.1, 0.15) is 37.7 Å². The van der Waals surface area contributed by atoms with Gasteiger partial charge in [0, 0.05) is 12.5 Å². The molecule has 3 rings (SSSR count). The lowest BCUT2D eigenvalue weighted by Gasteiger charge is -2.38. The Morgan fingerprint density at radius 3 is 2.36 bits per heavy atom. The highest BCUT2D eigenvalue weighted by atomic mass is 35.5. The van der Waals surface area contributed by atoms with Crippen LogP contribution in [0.2, 0.25) is 0 Å². The molecule has 0 aromatic heterocycles. The SMILES string of the molecule is CCCCN1CCC(c2ccc(F)cc2)C(COc2ccc(OC)cc2)C1.Cl. The van der Waals surface area contributed by atoms with Crippen LogP contribution in [0.4, 0.5) is 4.39 Å². The van der Waals surface area contributed by atoms with Crippen molar-refractivity contribution in [3.8, 4) is 11.5 Å². The number of methoxy groups -OCH3 is 1. The molecule has 1 fully saturated rings. The summed E-state index contributed by atoms with van der Waals surface area (Å²) in [5.74, 6) is 2.31. The van der Waals surface area contributed by atoms with E-state index in [-0.39, 0.29) is 18.2 Å². The van der Waals surface area contributed by atoms with Crippen LogP contribution >= 0.6 is 12.4 Å². The third-order valence-corrected chi connectivity index (χ3v) is 5.47. The van der Waals surface area contributed by atoms with E-state index in [1.165, 1.54) is 18.4 Å². The van der Waals surface area contributed by atoms with Crippen LogP contribution in [-0.2, 0) is 0 Å². The lowest BCUT2D eigenvalue weighted by Crippen LogP contribution is -2.42. The number of likely N-dealkylation sites (tertiary alicyclic amines) is 1. The summed E-state index contributed by atoms with van der Waals surface area (Å²) in [5.41, 5.74) is 1.22. The molecule has 1 saturated heterocycles. The van der Waals surface area contributed by atoms with E-state index in [2.05, 4.69) is 11.8 Å². The predicted octanol–water partition coefficient (Wildman–Crippen LogP) is 5.54. The molecular weight excluding hydrogens is 377 g/mol. The topological polar surface area (TPSA) is 21.7 Å². The van der Waals surface area contributed by atoms with E-state index in [0.29, 0.717) is 18.4 Å². The van der Waals surface area contributed by atoms with Crippen LogP contribution in [0.15, 0.2) is 48.5 Å². The Labute approximate surface area is 174 Å². The third kappa shape index (κ3) is 6.11. The highest BCUT2D eigenvalue weighted by Gasteiger charge is 2.30. The minimum atomic E-state index is -0.176. The summed E-state index contributed by atoms with van der Waals surface area (Å²) in [5, 5.41) is 0. The highest BCUT2D eigenvalue weighted by Crippen LogP contribution is 2.34. The summed E-state index contributed by atoms with van der Waals surface area (Å²) in [6.07, 6.45) is 3.53. The zero-order valence-corrected chi connectivity index (χ0v) is 17.6. The minimum absolute atomic E-state index is 0. The molecule has 2 aromatic rings. The van der Waals surface area contributed by atoms with Gasteiger partial charge >= 0.3 is 0 Å². The number of hydrogen-bond acceptors (Lipinski definition) is 3. The smallest absolute Gasteiger partial charge is 0.123 e. The minimum Gasteiger partial charge on any atom is -0.497 e. The van der Waals surface area contributed by atoms with Gasteiger partial charge in [-0.1, -0.05) is 25.5 Å². The van der Waals surface area contributed by atoms with Crippen LogP contribution < -0.4 is 9.47 Å². The highest BCUT2D eigenvalue weighted by molar-refractivity contribution is 5.85. The number of unbranched alkanes of at least 4 members (excludes halogenated alkanes) is 1. The van der Waals surface area contributed by atoms with E-state index in [0.717, 1.165) is 37.6 Å². The first-order valence-corrected chi connectivity index (χ1v) is 9.94. The second kappa shape index (κ2) is 11.3. The van der Waals surface area contributed by atoms with Gasteiger partial charge in [-0.3, -0.25) is 0 Å². The summed E-state index contributed by atoms with van der Waals surface area (Å²) in [6, 6.07) is 14.7. The molecule has 0 bridgehead atoms. The average Bonchev–Trinajstić information content (AvgIpc) is 2.72. The maximum Gasteiger partial charge on any atom is 0.123 e. The fourth-order valence-electron chi connectivity index (χ4n) is 3.89. The zero-order chi connectivity index (χ0) is 19.1. The maximum atomic E-state index is 13.3. The van der Waals surface area contributed by atoms with Crippen molar-refractivity contribution >= 4 is 12.4 Å². The molecule has 0 spiro atoms. The molecule has 28 heavy (non-hydrogen) atoms. The molecule has 1 heterocycles. The fourth-order valence-corrected chi connectivity index (χ4v) is 3.89. The number of nitrogens with zero attached hydrogens (tertiary/aromatic N) is 1. The average molecular weight is 408 g/mol. The molecule has 0 N–H and O–H groups in total. The Morgan fingerprint density at radius 2 is 1.71 bits per heavy atom. The van der Waals surface area contributed by atoms with Crippen LogP contribution in [0.3, 0.4) is 0 Å². The van der Waals surface area contributed by atoms with Gasteiger partial charge in [0.1, 0.15) is 17.3 Å². The number of halogens is 2. The fraction of sp³-hybridized carbons (Fsp3) is 0.478. The number of ether oxygens (including phenoxy) is 2. The normalized spacial score (nSPS) is 19.7. The van der Waals surface area contributed by atoms with Crippen LogP contribution in [0, 0.1) is 11.7 Å². The van der Waals surface area contributed by atoms with Gasteiger partial charge in [0.15, 0.2) is 0 Å². The lowest BCUT2D eigenvalue weighted by atomic mass is 9.80. The first kappa shape index (κ1) is 22.5. The summed E-state index contributed by atoms with van der Waals surface area (Å²) >= 11 is 0. The Bertz CT molecular complexity index is 693. The van der Waals surface area contributed by atoms with E-state index < -0.39 is 0 Å². The van der Waals surface area contributed by atoms with Gasteiger partial charge in [-0.25, -0.2) is 4.39 Å².